The first-order chi connectivity index (χ1) is 13.6. The van der Waals surface area contributed by atoms with Gasteiger partial charge in [-0.05, 0) is 44.2 Å². The van der Waals surface area contributed by atoms with Crippen molar-refractivity contribution < 1.29 is 24.0 Å². The Hall–Kier alpha value is -3.55. The summed E-state index contributed by atoms with van der Waals surface area (Å²) >= 11 is 0. The molecule has 0 saturated carbocycles. The fourth-order valence-electron chi connectivity index (χ4n) is 2.45. The number of esters is 1. The van der Waals surface area contributed by atoms with E-state index in [-0.39, 0.29) is 23.1 Å². The van der Waals surface area contributed by atoms with Crippen LogP contribution in [0.3, 0.4) is 0 Å². The van der Waals surface area contributed by atoms with Gasteiger partial charge >= 0.3 is 5.97 Å². The van der Waals surface area contributed by atoms with Gasteiger partial charge in [-0.2, -0.15) is 0 Å². The van der Waals surface area contributed by atoms with Crippen molar-refractivity contribution in [3.63, 3.8) is 0 Å². The summed E-state index contributed by atoms with van der Waals surface area (Å²) < 4.78 is 5.17. The van der Waals surface area contributed by atoms with Crippen molar-refractivity contribution in [2.45, 2.75) is 33.8 Å². The van der Waals surface area contributed by atoms with Crippen molar-refractivity contribution >= 4 is 29.0 Å². The molecular weight excluding hydrogens is 376 g/mol. The Morgan fingerprint density at radius 2 is 1.59 bits per heavy atom. The van der Waals surface area contributed by atoms with Crippen LogP contribution in [0.5, 0.6) is 0 Å². The molecule has 152 valence electrons. The van der Waals surface area contributed by atoms with Crippen LogP contribution in [-0.4, -0.2) is 28.7 Å². The molecule has 2 aromatic carbocycles. The lowest BCUT2D eigenvalue weighted by Gasteiger charge is -2.13. The molecule has 1 atom stereocenters. The van der Waals surface area contributed by atoms with E-state index < -0.39 is 22.8 Å². The molecule has 0 saturated heterocycles. The number of aryl methyl sites for hydroxylation is 1. The van der Waals surface area contributed by atoms with Gasteiger partial charge in [-0.1, -0.05) is 19.9 Å². The molecule has 8 heteroatoms. The van der Waals surface area contributed by atoms with Crippen LogP contribution in [0.1, 0.15) is 47.1 Å². The number of nitrogens with one attached hydrogen (secondary N) is 1. The summed E-state index contributed by atoms with van der Waals surface area (Å²) in [4.78, 5) is 46.9. The number of ketones is 1. The molecule has 8 nitrogen and oxygen atoms in total. The van der Waals surface area contributed by atoms with Crippen molar-refractivity contribution in [2.24, 2.45) is 5.92 Å². The van der Waals surface area contributed by atoms with Gasteiger partial charge in [-0.25, -0.2) is 4.79 Å². The summed E-state index contributed by atoms with van der Waals surface area (Å²) in [5, 5.41) is 13.7. The first-order valence-corrected chi connectivity index (χ1v) is 9.01. The number of carbonyl (C=O) groups excluding carboxylic acids is 3. The summed E-state index contributed by atoms with van der Waals surface area (Å²) in [6.45, 7) is 6.53. The molecule has 1 amide bonds. The number of carbonyl (C=O) groups is 3. The maximum absolute atomic E-state index is 12.5. The third-order valence-electron chi connectivity index (χ3n) is 4.26. The molecule has 0 spiro atoms. The summed E-state index contributed by atoms with van der Waals surface area (Å²) in [5.74, 6) is -1.57. The number of nitro groups is 1. The van der Waals surface area contributed by atoms with E-state index in [0.29, 0.717) is 16.8 Å². The van der Waals surface area contributed by atoms with Crippen molar-refractivity contribution in [1.82, 2.24) is 0 Å². The predicted molar refractivity (Wildman–Crippen MR) is 107 cm³/mol. The minimum absolute atomic E-state index is 0.00584. The van der Waals surface area contributed by atoms with Crippen LogP contribution in [-0.2, 0) is 9.53 Å². The highest BCUT2D eigenvalue weighted by Gasteiger charge is 2.22. The summed E-state index contributed by atoms with van der Waals surface area (Å²) in [6.07, 6.45) is -1.08. The lowest BCUT2D eigenvalue weighted by atomic mass is 10.1. The minimum Gasteiger partial charge on any atom is -0.451 e. The molecule has 2 rings (SSSR count). The first kappa shape index (κ1) is 21.7. The number of nitrogens with zero attached hydrogens (tertiary/aromatic N) is 1. The highest BCUT2D eigenvalue weighted by atomic mass is 16.6. The Morgan fingerprint density at radius 3 is 2.14 bits per heavy atom. The first-order valence-electron chi connectivity index (χ1n) is 9.01. The summed E-state index contributed by atoms with van der Waals surface area (Å²) in [7, 11) is 0. The van der Waals surface area contributed by atoms with E-state index in [1.807, 2.05) is 0 Å². The van der Waals surface area contributed by atoms with Gasteiger partial charge in [0.2, 0.25) is 11.7 Å². The topological polar surface area (TPSA) is 116 Å². The molecule has 0 aliphatic rings. The van der Waals surface area contributed by atoms with Crippen molar-refractivity contribution in [3.05, 3.63) is 69.3 Å². The Bertz CT molecular complexity index is 950. The van der Waals surface area contributed by atoms with Gasteiger partial charge in [0.15, 0.2) is 6.10 Å². The zero-order chi connectivity index (χ0) is 21.7. The Morgan fingerprint density at radius 1 is 1.00 bits per heavy atom. The summed E-state index contributed by atoms with van der Waals surface area (Å²) in [6, 6.07) is 10.2. The fourth-order valence-corrected chi connectivity index (χ4v) is 2.45. The maximum Gasteiger partial charge on any atom is 0.339 e. The maximum atomic E-state index is 12.5. The largest absolute Gasteiger partial charge is 0.451 e. The lowest BCUT2D eigenvalue weighted by molar-refractivity contribution is -0.385. The van der Waals surface area contributed by atoms with Crippen molar-refractivity contribution in [2.75, 3.05) is 5.32 Å². The van der Waals surface area contributed by atoms with Crippen LogP contribution in [0.2, 0.25) is 0 Å². The second-order valence-electron chi connectivity index (χ2n) is 6.89. The molecule has 0 aromatic heterocycles. The Balaban J connectivity index is 2.07. The number of anilines is 1. The SMILES string of the molecule is Cc1ccc(C(=O)OC(C)C(=O)c2ccc(NC(=O)C(C)C)cc2)cc1[N+](=O)[O-]. The lowest BCUT2D eigenvalue weighted by Crippen LogP contribution is -2.24. The van der Waals surface area contributed by atoms with Crippen molar-refractivity contribution in [1.29, 1.82) is 0 Å². The van der Waals surface area contributed by atoms with Gasteiger partial charge < -0.3 is 10.1 Å². The van der Waals surface area contributed by atoms with E-state index >= 15 is 0 Å². The fraction of sp³-hybridized carbons (Fsp3) is 0.286. The third-order valence-corrected chi connectivity index (χ3v) is 4.26. The Kier molecular flexibility index (Phi) is 6.82. The smallest absolute Gasteiger partial charge is 0.339 e. The number of Topliss-reactive ketones (excluding diaryl/α,β-unsaturated/α-hetero) is 1. The molecule has 0 radical (unpaired) electrons. The second-order valence-corrected chi connectivity index (χ2v) is 6.89. The van der Waals surface area contributed by atoms with Gasteiger partial charge in [0.25, 0.3) is 5.69 Å². The van der Waals surface area contributed by atoms with Crippen molar-refractivity contribution in [3.8, 4) is 0 Å². The molecule has 1 N–H and O–H groups in total. The summed E-state index contributed by atoms with van der Waals surface area (Å²) in [5.41, 5.74) is 1.08. The molecule has 0 fully saturated rings. The average molecular weight is 398 g/mol. The van der Waals surface area contributed by atoms with E-state index in [1.165, 1.54) is 31.2 Å². The molecule has 29 heavy (non-hydrogen) atoms. The molecule has 2 aromatic rings. The number of rotatable bonds is 7. The van der Waals surface area contributed by atoms with Gasteiger partial charge in [0.05, 0.1) is 10.5 Å². The van der Waals surface area contributed by atoms with E-state index in [4.69, 9.17) is 4.74 Å². The molecular formula is C21H22N2O6. The zero-order valence-electron chi connectivity index (χ0n) is 16.6. The van der Waals surface area contributed by atoms with Crippen LogP contribution in [0.15, 0.2) is 42.5 Å². The zero-order valence-corrected chi connectivity index (χ0v) is 16.6. The van der Waals surface area contributed by atoms with Crippen LogP contribution in [0.4, 0.5) is 11.4 Å². The van der Waals surface area contributed by atoms with E-state index in [1.54, 1.807) is 32.9 Å². The number of hydrogen-bond acceptors (Lipinski definition) is 6. The predicted octanol–water partition coefficient (Wildman–Crippen LogP) is 3.93. The standard InChI is InChI=1S/C21H22N2O6/c1-12(2)20(25)22-17-9-7-15(8-10-17)19(24)14(4)29-21(26)16-6-5-13(3)18(11-16)23(27)28/h5-12,14H,1-4H3,(H,22,25). The van der Waals surface area contributed by atoms with Crippen LogP contribution in [0, 0.1) is 23.0 Å². The average Bonchev–Trinajstić information content (AvgIpc) is 2.67. The van der Waals surface area contributed by atoms with Crippen LogP contribution < -0.4 is 5.32 Å². The molecule has 0 bridgehead atoms. The van der Waals surface area contributed by atoms with Crippen LogP contribution in [0.25, 0.3) is 0 Å². The third kappa shape index (κ3) is 5.47. The Labute approximate surface area is 168 Å². The monoisotopic (exact) mass is 398 g/mol. The number of nitro benzene ring substituents is 1. The quantitative estimate of drug-likeness (QED) is 0.327. The number of amides is 1. The van der Waals surface area contributed by atoms with Crippen LogP contribution >= 0.6 is 0 Å². The van der Waals surface area contributed by atoms with Gasteiger partial charge in [-0.15, -0.1) is 0 Å². The number of hydrogen-bond donors (Lipinski definition) is 1. The second kappa shape index (κ2) is 9.09. The van der Waals surface area contributed by atoms with Gasteiger partial charge in [-0.3, -0.25) is 19.7 Å². The number of ether oxygens (including phenoxy) is 1. The number of benzene rings is 2. The molecule has 0 aliphatic carbocycles. The molecule has 1 unspecified atom stereocenters. The molecule has 0 aliphatic heterocycles. The van der Waals surface area contributed by atoms with E-state index in [9.17, 15) is 24.5 Å². The highest BCUT2D eigenvalue weighted by molar-refractivity contribution is 6.02. The minimum atomic E-state index is -1.08. The highest BCUT2D eigenvalue weighted by Crippen LogP contribution is 2.20. The van der Waals surface area contributed by atoms with Gasteiger partial charge in [0, 0.05) is 28.8 Å². The van der Waals surface area contributed by atoms with E-state index in [2.05, 4.69) is 5.32 Å². The van der Waals surface area contributed by atoms with E-state index in [0.717, 1.165) is 6.07 Å². The van der Waals surface area contributed by atoms with Gasteiger partial charge in [0.1, 0.15) is 0 Å². The normalized spacial score (nSPS) is 11.6. The molecule has 0 heterocycles.